The minimum Gasteiger partial charge on any atom is -0.381 e. The van der Waals surface area contributed by atoms with Crippen molar-refractivity contribution in [1.82, 2.24) is 5.32 Å². The van der Waals surface area contributed by atoms with E-state index in [1.54, 1.807) is 32.2 Å². The number of hydrogen-bond acceptors (Lipinski definition) is 2. The molecule has 0 unspecified atom stereocenters. The molecule has 0 atom stereocenters. The summed E-state index contributed by atoms with van der Waals surface area (Å²) in [5, 5.41) is 5.72. The van der Waals surface area contributed by atoms with E-state index in [0.29, 0.717) is 17.7 Å². The highest BCUT2D eigenvalue weighted by atomic mass is 19.1. The lowest BCUT2D eigenvalue weighted by molar-refractivity contribution is 0.0963. The molecule has 0 spiro atoms. The van der Waals surface area contributed by atoms with Gasteiger partial charge in [0.15, 0.2) is 0 Å². The lowest BCUT2D eigenvalue weighted by Gasteiger charge is -2.08. The fourth-order valence-corrected chi connectivity index (χ4v) is 1.83. The fraction of sp³-hybridized carbons (Fsp3) is 0.188. The van der Waals surface area contributed by atoms with Crippen LogP contribution in [0.1, 0.15) is 21.5 Å². The van der Waals surface area contributed by atoms with Crippen LogP contribution in [0, 0.1) is 12.7 Å². The quantitative estimate of drug-likeness (QED) is 0.898. The summed E-state index contributed by atoms with van der Waals surface area (Å²) in [5.74, 6) is -0.324. The van der Waals surface area contributed by atoms with Crippen molar-refractivity contribution in [3.05, 3.63) is 65.0 Å². The first-order valence-electron chi connectivity index (χ1n) is 6.41. The summed E-state index contributed by atoms with van der Waals surface area (Å²) in [6, 6.07) is 12.4. The third-order valence-corrected chi connectivity index (χ3v) is 3.11. The van der Waals surface area contributed by atoms with Crippen LogP contribution < -0.4 is 10.6 Å². The molecule has 0 fully saturated rings. The van der Waals surface area contributed by atoms with E-state index in [1.807, 2.05) is 18.2 Å². The fourth-order valence-electron chi connectivity index (χ4n) is 1.83. The number of benzene rings is 2. The molecule has 2 aromatic rings. The van der Waals surface area contributed by atoms with E-state index in [1.165, 1.54) is 6.07 Å². The molecule has 1 amide bonds. The van der Waals surface area contributed by atoms with E-state index >= 15 is 0 Å². The summed E-state index contributed by atoms with van der Waals surface area (Å²) in [6.45, 7) is 2.31. The van der Waals surface area contributed by atoms with E-state index in [4.69, 9.17) is 0 Å². The predicted octanol–water partition coefficient (Wildman–Crippen LogP) is 3.11. The number of halogens is 1. The maximum Gasteiger partial charge on any atom is 0.251 e. The van der Waals surface area contributed by atoms with E-state index in [9.17, 15) is 9.18 Å². The number of carbonyl (C=O) groups is 1. The van der Waals surface area contributed by atoms with Gasteiger partial charge in [0.2, 0.25) is 0 Å². The second kappa shape index (κ2) is 6.19. The minimum atomic E-state index is -0.218. The smallest absolute Gasteiger partial charge is 0.251 e. The lowest BCUT2D eigenvalue weighted by Crippen LogP contribution is -2.17. The van der Waals surface area contributed by atoms with Gasteiger partial charge in [0.1, 0.15) is 5.82 Å². The van der Waals surface area contributed by atoms with Crippen LogP contribution in [0.25, 0.3) is 0 Å². The topological polar surface area (TPSA) is 41.1 Å². The summed E-state index contributed by atoms with van der Waals surface area (Å²) in [5.41, 5.74) is 3.02. The van der Waals surface area contributed by atoms with Crippen molar-refractivity contribution in [3.8, 4) is 0 Å². The molecule has 2 aromatic carbocycles. The molecule has 0 heterocycles. The highest BCUT2D eigenvalue weighted by Gasteiger charge is 2.03. The Morgan fingerprint density at radius 1 is 1.15 bits per heavy atom. The first kappa shape index (κ1) is 14.1. The average Bonchev–Trinajstić information content (AvgIpc) is 2.48. The van der Waals surface area contributed by atoms with Gasteiger partial charge in [-0.15, -0.1) is 0 Å². The Bertz CT molecular complexity index is 608. The number of nitrogens with one attached hydrogen (secondary N) is 2. The van der Waals surface area contributed by atoms with Gasteiger partial charge < -0.3 is 10.6 Å². The van der Waals surface area contributed by atoms with Gasteiger partial charge in [-0.3, -0.25) is 4.79 Å². The summed E-state index contributed by atoms with van der Waals surface area (Å²) in [4.78, 5) is 11.4. The van der Waals surface area contributed by atoms with E-state index in [2.05, 4.69) is 10.6 Å². The summed E-state index contributed by atoms with van der Waals surface area (Å²) in [6.07, 6.45) is 0. The van der Waals surface area contributed by atoms with Crippen LogP contribution in [0.5, 0.6) is 0 Å². The lowest BCUT2D eigenvalue weighted by atomic mass is 10.1. The van der Waals surface area contributed by atoms with Crippen LogP contribution in [-0.2, 0) is 6.54 Å². The van der Waals surface area contributed by atoms with Crippen molar-refractivity contribution in [3.63, 3.8) is 0 Å². The zero-order chi connectivity index (χ0) is 14.5. The van der Waals surface area contributed by atoms with Gasteiger partial charge in [0, 0.05) is 24.8 Å². The molecular formula is C16H17FN2O. The Morgan fingerprint density at radius 2 is 1.85 bits per heavy atom. The van der Waals surface area contributed by atoms with Crippen molar-refractivity contribution in [2.24, 2.45) is 0 Å². The number of anilines is 1. The summed E-state index contributed by atoms with van der Waals surface area (Å²) in [7, 11) is 1.60. The van der Waals surface area contributed by atoms with E-state index in [0.717, 1.165) is 11.3 Å². The van der Waals surface area contributed by atoms with Gasteiger partial charge in [0.25, 0.3) is 5.91 Å². The van der Waals surface area contributed by atoms with Crippen molar-refractivity contribution in [2.75, 3.05) is 12.4 Å². The van der Waals surface area contributed by atoms with Gasteiger partial charge in [-0.2, -0.15) is 0 Å². The molecule has 0 bridgehead atoms. The van der Waals surface area contributed by atoms with Gasteiger partial charge in [-0.05, 0) is 42.3 Å². The predicted molar refractivity (Wildman–Crippen MR) is 78.3 cm³/mol. The average molecular weight is 272 g/mol. The molecule has 3 nitrogen and oxygen atoms in total. The molecule has 0 aliphatic heterocycles. The van der Waals surface area contributed by atoms with Crippen LogP contribution >= 0.6 is 0 Å². The Morgan fingerprint density at radius 3 is 2.45 bits per heavy atom. The van der Waals surface area contributed by atoms with Crippen LogP contribution in [0.2, 0.25) is 0 Å². The molecule has 0 saturated carbocycles. The second-order valence-corrected chi connectivity index (χ2v) is 4.59. The monoisotopic (exact) mass is 272 g/mol. The molecule has 2 rings (SSSR count). The molecule has 0 aromatic heterocycles. The molecule has 2 N–H and O–H groups in total. The molecular weight excluding hydrogens is 255 g/mol. The van der Waals surface area contributed by atoms with Crippen LogP contribution in [0.15, 0.2) is 42.5 Å². The zero-order valence-corrected chi connectivity index (χ0v) is 11.5. The second-order valence-electron chi connectivity index (χ2n) is 4.59. The van der Waals surface area contributed by atoms with Gasteiger partial charge >= 0.3 is 0 Å². The number of rotatable bonds is 4. The van der Waals surface area contributed by atoms with Crippen molar-refractivity contribution < 1.29 is 9.18 Å². The van der Waals surface area contributed by atoms with Crippen LogP contribution in [0.4, 0.5) is 10.1 Å². The SMILES string of the molecule is CNC(=O)c1ccc(CNc2ccc(C)c(F)c2)cc1. The van der Waals surface area contributed by atoms with Crippen molar-refractivity contribution in [1.29, 1.82) is 0 Å². The zero-order valence-electron chi connectivity index (χ0n) is 11.5. The Balaban J connectivity index is 2.00. The Kier molecular flexibility index (Phi) is 4.35. The molecule has 104 valence electrons. The van der Waals surface area contributed by atoms with Crippen LogP contribution in [0.3, 0.4) is 0 Å². The van der Waals surface area contributed by atoms with Crippen molar-refractivity contribution in [2.45, 2.75) is 13.5 Å². The van der Waals surface area contributed by atoms with Gasteiger partial charge in [0.05, 0.1) is 0 Å². The standard InChI is InChI=1S/C16H17FN2O/c1-11-3-8-14(9-15(11)17)19-10-12-4-6-13(7-5-12)16(20)18-2/h3-9,19H,10H2,1-2H3,(H,18,20). The molecule has 20 heavy (non-hydrogen) atoms. The summed E-state index contributed by atoms with van der Waals surface area (Å²) >= 11 is 0. The van der Waals surface area contributed by atoms with Gasteiger partial charge in [-0.25, -0.2) is 4.39 Å². The number of amides is 1. The first-order chi connectivity index (χ1) is 9.60. The number of aryl methyl sites for hydroxylation is 1. The Labute approximate surface area is 117 Å². The highest BCUT2D eigenvalue weighted by Crippen LogP contribution is 2.15. The van der Waals surface area contributed by atoms with Gasteiger partial charge in [-0.1, -0.05) is 18.2 Å². The molecule has 0 aliphatic carbocycles. The molecule has 4 heteroatoms. The third kappa shape index (κ3) is 3.35. The normalized spacial score (nSPS) is 10.2. The largest absolute Gasteiger partial charge is 0.381 e. The molecule has 0 radical (unpaired) electrons. The summed E-state index contributed by atoms with van der Waals surface area (Å²) < 4.78 is 13.4. The maximum absolute atomic E-state index is 13.4. The van der Waals surface area contributed by atoms with E-state index < -0.39 is 0 Å². The third-order valence-electron chi connectivity index (χ3n) is 3.11. The first-order valence-corrected chi connectivity index (χ1v) is 6.41. The minimum absolute atomic E-state index is 0.106. The number of hydrogen-bond donors (Lipinski definition) is 2. The van der Waals surface area contributed by atoms with E-state index in [-0.39, 0.29) is 11.7 Å². The number of carbonyl (C=O) groups excluding carboxylic acids is 1. The van der Waals surface area contributed by atoms with Crippen molar-refractivity contribution >= 4 is 11.6 Å². The van der Waals surface area contributed by atoms with Crippen LogP contribution in [-0.4, -0.2) is 13.0 Å². The highest BCUT2D eigenvalue weighted by molar-refractivity contribution is 5.93. The maximum atomic E-state index is 13.4. The molecule has 0 saturated heterocycles. The Hall–Kier alpha value is -2.36. The molecule has 0 aliphatic rings.